The van der Waals surface area contributed by atoms with Crippen molar-refractivity contribution in [2.45, 2.75) is 26.2 Å². The second-order valence-electron chi connectivity index (χ2n) is 6.38. The third-order valence-corrected chi connectivity index (χ3v) is 3.47. The van der Waals surface area contributed by atoms with E-state index in [9.17, 15) is 14.9 Å². The van der Waals surface area contributed by atoms with Gasteiger partial charge in [0.25, 0.3) is 11.6 Å². The van der Waals surface area contributed by atoms with Crippen LogP contribution in [0.15, 0.2) is 53.6 Å². The molecule has 2 rings (SSSR count). The fraction of sp³-hybridized carbons (Fsp3) is 0.222. The highest BCUT2D eigenvalue weighted by Crippen LogP contribution is 2.22. The molecule has 0 aliphatic heterocycles. The summed E-state index contributed by atoms with van der Waals surface area (Å²) in [5.41, 5.74) is 4.59. The molecule has 0 radical (unpaired) electrons. The number of carbonyl (C=O) groups excluding carboxylic acids is 1. The van der Waals surface area contributed by atoms with E-state index in [1.807, 2.05) is 12.1 Å². The first kappa shape index (κ1) is 17.3. The summed E-state index contributed by atoms with van der Waals surface area (Å²) in [7, 11) is 0. The zero-order valence-electron chi connectivity index (χ0n) is 13.8. The minimum atomic E-state index is -0.479. The second-order valence-corrected chi connectivity index (χ2v) is 6.38. The molecule has 24 heavy (non-hydrogen) atoms. The maximum atomic E-state index is 12.0. The maximum absolute atomic E-state index is 12.0. The van der Waals surface area contributed by atoms with Crippen LogP contribution in [0.2, 0.25) is 0 Å². The Hall–Kier alpha value is -3.02. The van der Waals surface area contributed by atoms with E-state index in [0.717, 1.165) is 5.56 Å². The van der Waals surface area contributed by atoms with Gasteiger partial charge in [0.1, 0.15) is 0 Å². The van der Waals surface area contributed by atoms with Gasteiger partial charge in [0.05, 0.1) is 11.1 Å². The quantitative estimate of drug-likeness (QED) is 0.529. The fourth-order valence-corrected chi connectivity index (χ4v) is 2.07. The monoisotopic (exact) mass is 325 g/mol. The Morgan fingerprint density at radius 2 is 1.83 bits per heavy atom. The van der Waals surface area contributed by atoms with Crippen molar-refractivity contribution in [1.82, 2.24) is 5.43 Å². The molecule has 0 spiro atoms. The second kappa shape index (κ2) is 7.04. The molecule has 6 heteroatoms. The van der Waals surface area contributed by atoms with Gasteiger partial charge in [0.15, 0.2) is 0 Å². The Kier molecular flexibility index (Phi) is 5.08. The molecular weight excluding hydrogens is 306 g/mol. The Morgan fingerprint density at radius 1 is 1.17 bits per heavy atom. The summed E-state index contributed by atoms with van der Waals surface area (Å²) >= 11 is 0. The Labute approximate surface area is 140 Å². The molecule has 0 saturated carbocycles. The van der Waals surface area contributed by atoms with Gasteiger partial charge in [-0.25, -0.2) is 5.43 Å². The van der Waals surface area contributed by atoms with Gasteiger partial charge in [0, 0.05) is 23.3 Å². The molecule has 1 amide bonds. The maximum Gasteiger partial charge on any atom is 0.271 e. The molecule has 0 unspecified atom stereocenters. The SMILES string of the molecule is CC(C)(C)c1ccc(C(=O)N/N=C/c2cccc([N+](=O)[O-])c2)cc1. The minimum absolute atomic E-state index is 0.0230. The van der Waals surface area contributed by atoms with Gasteiger partial charge >= 0.3 is 0 Å². The van der Waals surface area contributed by atoms with Gasteiger partial charge in [-0.15, -0.1) is 0 Å². The number of rotatable bonds is 4. The average molecular weight is 325 g/mol. The van der Waals surface area contributed by atoms with Crippen LogP contribution in [0, 0.1) is 10.1 Å². The van der Waals surface area contributed by atoms with Crippen molar-refractivity contribution in [1.29, 1.82) is 0 Å². The average Bonchev–Trinajstić information content (AvgIpc) is 2.54. The molecule has 0 fully saturated rings. The Bertz CT molecular complexity index is 775. The van der Waals surface area contributed by atoms with Crippen molar-refractivity contribution in [3.8, 4) is 0 Å². The minimum Gasteiger partial charge on any atom is -0.267 e. The van der Waals surface area contributed by atoms with Gasteiger partial charge < -0.3 is 0 Å². The highest BCUT2D eigenvalue weighted by Gasteiger charge is 2.14. The molecule has 0 saturated heterocycles. The first-order chi connectivity index (χ1) is 11.3. The molecule has 6 nitrogen and oxygen atoms in total. The van der Waals surface area contributed by atoms with Crippen molar-refractivity contribution in [2.75, 3.05) is 0 Å². The smallest absolute Gasteiger partial charge is 0.267 e. The Balaban J connectivity index is 2.02. The summed E-state index contributed by atoms with van der Waals surface area (Å²) in [5, 5.41) is 14.6. The number of amides is 1. The fourth-order valence-electron chi connectivity index (χ4n) is 2.07. The molecule has 0 heterocycles. The van der Waals surface area contributed by atoms with Crippen LogP contribution in [-0.2, 0) is 5.41 Å². The van der Waals surface area contributed by atoms with E-state index < -0.39 is 4.92 Å². The summed E-state index contributed by atoms with van der Waals surface area (Å²) < 4.78 is 0. The first-order valence-corrected chi connectivity index (χ1v) is 7.46. The van der Waals surface area contributed by atoms with Gasteiger partial charge in [-0.1, -0.05) is 45.0 Å². The van der Waals surface area contributed by atoms with Crippen LogP contribution in [0.25, 0.3) is 0 Å². The van der Waals surface area contributed by atoms with Gasteiger partial charge in [0.2, 0.25) is 0 Å². The molecule has 0 aliphatic rings. The van der Waals surface area contributed by atoms with Crippen molar-refractivity contribution < 1.29 is 9.72 Å². The molecule has 2 aromatic carbocycles. The van der Waals surface area contributed by atoms with E-state index >= 15 is 0 Å². The van der Waals surface area contributed by atoms with Crippen LogP contribution in [0.3, 0.4) is 0 Å². The largest absolute Gasteiger partial charge is 0.271 e. The molecule has 124 valence electrons. The standard InChI is InChI=1S/C18H19N3O3/c1-18(2,3)15-9-7-14(8-10-15)17(22)20-19-12-13-5-4-6-16(11-13)21(23)24/h4-12H,1-3H3,(H,20,22)/b19-12+. The molecular formula is C18H19N3O3. The number of hydrogen-bond donors (Lipinski definition) is 1. The van der Waals surface area contributed by atoms with Crippen LogP contribution in [0.5, 0.6) is 0 Å². The van der Waals surface area contributed by atoms with Crippen LogP contribution in [0.1, 0.15) is 42.3 Å². The third-order valence-electron chi connectivity index (χ3n) is 3.47. The summed E-state index contributed by atoms with van der Waals surface area (Å²) in [4.78, 5) is 22.3. The van der Waals surface area contributed by atoms with Crippen molar-refractivity contribution in [2.24, 2.45) is 5.10 Å². The van der Waals surface area contributed by atoms with E-state index in [1.165, 1.54) is 18.3 Å². The number of non-ortho nitro benzene ring substituents is 1. The lowest BCUT2D eigenvalue weighted by atomic mass is 9.87. The summed E-state index contributed by atoms with van der Waals surface area (Å²) in [6, 6.07) is 13.3. The van der Waals surface area contributed by atoms with Crippen LogP contribution in [0.4, 0.5) is 5.69 Å². The van der Waals surface area contributed by atoms with Crippen molar-refractivity contribution >= 4 is 17.8 Å². The lowest BCUT2D eigenvalue weighted by Gasteiger charge is -2.18. The normalized spacial score (nSPS) is 11.5. The highest BCUT2D eigenvalue weighted by atomic mass is 16.6. The lowest BCUT2D eigenvalue weighted by molar-refractivity contribution is -0.384. The lowest BCUT2D eigenvalue weighted by Crippen LogP contribution is -2.18. The number of hydrazone groups is 1. The molecule has 2 aromatic rings. The number of carbonyl (C=O) groups is 1. The van der Waals surface area contributed by atoms with Gasteiger partial charge in [-0.05, 0) is 23.1 Å². The summed E-state index contributed by atoms with van der Waals surface area (Å²) in [6.45, 7) is 6.31. The van der Waals surface area contributed by atoms with Crippen LogP contribution in [-0.4, -0.2) is 17.0 Å². The zero-order chi connectivity index (χ0) is 17.7. The summed E-state index contributed by atoms with van der Waals surface area (Å²) in [5.74, 6) is -0.336. The van der Waals surface area contributed by atoms with E-state index in [2.05, 4.69) is 31.3 Å². The summed E-state index contributed by atoms with van der Waals surface area (Å²) in [6.07, 6.45) is 1.37. The molecule has 0 bridgehead atoms. The predicted molar refractivity (Wildman–Crippen MR) is 93.3 cm³/mol. The van der Waals surface area contributed by atoms with E-state index in [0.29, 0.717) is 11.1 Å². The number of nitro benzene ring substituents is 1. The van der Waals surface area contributed by atoms with Gasteiger partial charge in [-0.3, -0.25) is 14.9 Å². The number of hydrogen-bond acceptors (Lipinski definition) is 4. The van der Waals surface area contributed by atoms with Crippen LogP contribution < -0.4 is 5.43 Å². The van der Waals surface area contributed by atoms with E-state index in [1.54, 1.807) is 24.3 Å². The van der Waals surface area contributed by atoms with Crippen LogP contribution >= 0.6 is 0 Å². The molecule has 1 N–H and O–H groups in total. The zero-order valence-corrected chi connectivity index (χ0v) is 13.8. The predicted octanol–water partition coefficient (Wildman–Crippen LogP) is 3.66. The molecule has 0 aromatic heterocycles. The van der Waals surface area contributed by atoms with E-state index in [-0.39, 0.29) is 17.0 Å². The molecule has 0 aliphatic carbocycles. The first-order valence-electron chi connectivity index (χ1n) is 7.46. The topological polar surface area (TPSA) is 84.6 Å². The van der Waals surface area contributed by atoms with Crippen molar-refractivity contribution in [3.05, 3.63) is 75.3 Å². The molecule has 0 atom stereocenters. The number of benzene rings is 2. The number of nitro groups is 1. The van der Waals surface area contributed by atoms with Gasteiger partial charge in [-0.2, -0.15) is 5.10 Å². The van der Waals surface area contributed by atoms with E-state index in [4.69, 9.17) is 0 Å². The third kappa shape index (κ3) is 4.49. The highest BCUT2D eigenvalue weighted by molar-refractivity contribution is 5.95. The Morgan fingerprint density at radius 3 is 2.42 bits per heavy atom. The number of nitrogens with one attached hydrogen (secondary N) is 1. The number of nitrogens with zero attached hydrogens (tertiary/aromatic N) is 2. The van der Waals surface area contributed by atoms with Crippen molar-refractivity contribution in [3.63, 3.8) is 0 Å².